The molecule has 2 heterocycles. The molecular formula is C27H28O7. The lowest BCUT2D eigenvalue weighted by Gasteiger charge is -2.37. The number of benzene rings is 2. The zero-order chi connectivity index (χ0) is 24.8. The Morgan fingerprint density at radius 3 is 2.56 bits per heavy atom. The minimum absolute atomic E-state index is 0.0617. The predicted octanol–water partition coefficient (Wildman–Crippen LogP) is 4.55. The smallest absolute Gasteiger partial charge is 0.348 e. The molecule has 178 valence electrons. The molecule has 0 fully saturated rings. The number of fused-ring (bicyclic) bond motifs is 1. The number of aliphatic hydroxyl groups is 2. The largest absolute Gasteiger partial charge is 0.508 e. The Balaban J connectivity index is 1.71. The van der Waals surface area contributed by atoms with E-state index in [9.17, 15) is 25.2 Å². The van der Waals surface area contributed by atoms with Crippen molar-refractivity contribution >= 4 is 17.6 Å². The molecule has 1 unspecified atom stereocenters. The Morgan fingerprint density at radius 2 is 1.85 bits per heavy atom. The molecule has 2 aromatic carbocycles. The number of phenols is 2. The summed E-state index contributed by atoms with van der Waals surface area (Å²) in [5.41, 5.74) is 2.14. The van der Waals surface area contributed by atoms with Crippen LogP contribution in [-0.4, -0.2) is 38.1 Å². The lowest BCUT2D eigenvalue weighted by atomic mass is 9.89. The van der Waals surface area contributed by atoms with E-state index in [2.05, 4.69) is 0 Å². The average molecular weight is 465 g/mol. The molecule has 0 saturated carbocycles. The number of ether oxygens (including phenoxy) is 2. The Labute approximate surface area is 197 Å². The lowest BCUT2D eigenvalue weighted by molar-refractivity contribution is -0.131. The number of rotatable bonds is 4. The van der Waals surface area contributed by atoms with E-state index in [0.717, 1.165) is 5.57 Å². The highest BCUT2D eigenvalue weighted by molar-refractivity contribution is 6.21. The average Bonchev–Trinajstić information content (AvgIpc) is 3.02. The van der Waals surface area contributed by atoms with E-state index in [1.54, 1.807) is 32.0 Å². The van der Waals surface area contributed by atoms with Crippen molar-refractivity contribution in [3.8, 4) is 17.2 Å². The number of cyclic esters (lactones) is 1. The normalized spacial score (nSPS) is 20.1. The highest BCUT2D eigenvalue weighted by Gasteiger charge is 2.38. The van der Waals surface area contributed by atoms with Gasteiger partial charge in [0.1, 0.15) is 28.4 Å². The number of aromatic hydroxyl groups is 2. The van der Waals surface area contributed by atoms with Crippen LogP contribution in [-0.2, 0) is 22.4 Å². The van der Waals surface area contributed by atoms with Gasteiger partial charge in [-0.15, -0.1) is 0 Å². The van der Waals surface area contributed by atoms with Gasteiger partial charge >= 0.3 is 5.97 Å². The summed E-state index contributed by atoms with van der Waals surface area (Å²) in [6, 6.07) is 7.84. The molecule has 34 heavy (non-hydrogen) atoms. The fourth-order valence-electron chi connectivity index (χ4n) is 3.95. The molecule has 2 aliphatic heterocycles. The summed E-state index contributed by atoms with van der Waals surface area (Å²) in [6.45, 7) is 7.43. The predicted molar refractivity (Wildman–Crippen MR) is 127 cm³/mol. The maximum atomic E-state index is 12.7. The highest BCUT2D eigenvalue weighted by Crippen LogP contribution is 2.42. The van der Waals surface area contributed by atoms with Crippen molar-refractivity contribution < 1.29 is 34.7 Å². The van der Waals surface area contributed by atoms with Crippen LogP contribution in [0.2, 0.25) is 0 Å². The Morgan fingerprint density at radius 1 is 1.12 bits per heavy atom. The van der Waals surface area contributed by atoms with Crippen LogP contribution in [0.1, 0.15) is 49.9 Å². The molecule has 4 N–H and O–H groups in total. The number of carbonyl (C=O) groups is 1. The molecule has 0 aromatic heterocycles. The Bertz CT molecular complexity index is 1260. The van der Waals surface area contributed by atoms with Crippen molar-refractivity contribution in [3.63, 3.8) is 0 Å². The van der Waals surface area contributed by atoms with Crippen LogP contribution in [0.3, 0.4) is 0 Å². The number of hydrogen-bond donors (Lipinski definition) is 4. The summed E-state index contributed by atoms with van der Waals surface area (Å²) in [4.78, 5) is 12.7. The van der Waals surface area contributed by atoms with Crippen LogP contribution in [0.25, 0.3) is 11.6 Å². The van der Waals surface area contributed by atoms with E-state index in [0.29, 0.717) is 28.9 Å². The third-order valence-electron chi connectivity index (χ3n) is 6.05. The van der Waals surface area contributed by atoms with Gasteiger partial charge in [0, 0.05) is 18.1 Å². The first-order chi connectivity index (χ1) is 16.0. The van der Waals surface area contributed by atoms with Crippen LogP contribution >= 0.6 is 0 Å². The van der Waals surface area contributed by atoms with Crippen LogP contribution in [0.4, 0.5) is 0 Å². The van der Waals surface area contributed by atoms with Gasteiger partial charge in [0.2, 0.25) is 0 Å². The molecule has 0 aliphatic carbocycles. The van der Waals surface area contributed by atoms with Gasteiger partial charge in [0.25, 0.3) is 0 Å². The van der Waals surface area contributed by atoms with Crippen molar-refractivity contribution in [2.24, 2.45) is 0 Å². The third kappa shape index (κ3) is 4.39. The first kappa shape index (κ1) is 23.4. The molecule has 1 atom stereocenters. The molecule has 0 radical (unpaired) electrons. The quantitative estimate of drug-likeness (QED) is 0.387. The molecule has 0 bridgehead atoms. The summed E-state index contributed by atoms with van der Waals surface area (Å²) >= 11 is 0. The molecule has 0 amide bonds. The standard InChI is InChI=1S/C27H28O7/c1-14(2)5-7-16-9-15(6-8-19(16)28)10-22-25(31)24(26(32)33-22)18-11-17-12-23(30)27(3,4)34-21(17)13-20(18)29/h5-6,8-11,13,23,28-31H,7,12H2,1-4H3/b22-10-. The van der Waals surface area contributed by atoms with E-state index in [4.69, 9.17) is 9.47 Å². The number of carbonyl (C=O) groups excluding carboxylic acids is 1. The van der Waals surface area contributed by atoms with Gasteiger partial charge in [-0.2, -0.15) is 0 Å². The van der Waals surface area contributed by atoms with Gasteiger partial charge in [0.15, 0.2) is 11.5 Å². The van der Waals surface area contributed by atoms with Crippen LogP contribution in [0, 0.1) is 0 Å². The van der Waals surface area contributed by atoms with Gasteiger partial charge in [-0.05, 0) is 75.1 Å². The van der Waals surface area contributed by atoms with Crippen molar-refractivity contribution in [1.82, 2.24) is 0 Å². The minimum atomic E-state index is -0.820. The van der Waals surface area contributed by atoms with Gasteiger partial charge in [-0.1, -0.05) is 17.7 Å². The molecule has 7 nitrogen and oxygen atoms in total. The van der Waals surface area contributed by atoms with E-state index in [1.807, 2.05) is 19.9 Å². The molecular weight excluding hydrogens is 436 g/mol. The summed E-state index contributed by atoms with van der Waals surface area (Å²) < 4.78 is 11.1. The van der Waals surface area contributed by atoms with E-state index in [1.165, 1.54) is 18.2 Å². The molecule has 2 aliphatic rings. The summed E-state index contributed by atoms with van der Waals surface area (Å²) in [7, 11) is 0. The molecule has 2 aromatic rings. The second-order valence-corrected chi connectivity index (χ2v) is 9.40. The monoisotopic (exact) mass is 464 g/mol. The fraction of sp³-hybridized carbons (Fsp3) is 0.296. The molecule has 7 heteroatoms. The Hall–Kier alpha value is -3.71. The second-order valence-electron chi connectivity index (χ2n) is 9.40. The lowest BCUT2D eigenvalue weighted by Crippen LogP contribution is -2.46. The zero-order valence-electron chi connectivity index (χ0n) is 19.5. The summed E-state index contributed by atoms with van der Waals surface area (Å²) in [6.07, 6.45) is 3.50. The molecule has 0 saturated heterocycles. The first-order valence-corrected chi connectivity index (χ1v) is 11.0. The topological polar surface area (TPSA) is 116 Å². The number of aliphatic hydroxyl groups excluding tert-OH is 2. The first-order valence-electron chi connectivity index (χ1n) is 11.0. The molecule has 0 spiro atoms. The van der Waals surface area contributed by atoms with Gasteiger partial charge < -0.3 is 29.9 Å². The van der Waals surface area contributed by atoms with Gasteiger partial charge in [-0.25, -0.2) is 4.79 Å². The number of phenolic OH excluding ortho intramolecular Hbond substituents is 2. The fourth-order valence-corrected chi connectivity index (χ4v) is 3.95. The summed E-state index contributed by atoms with van der Waals surface area (Å²) in [5.74, 6) is -0.966. The minimum Gasteiger partial charge on any atom is -0.508 e. The van der Waals surface area contributed by atoms with Crippen LogP contribution in [0.5, 0.6) is 17.2 Å². The van der Waals surface area contributed by atoms with Gasteiger partial charge in [-0.3, -0.25) is 0 Å². The third-order valence-corrected chi connectivity index (χ3v) is 6.05. The van der Waals surface area contributed by atoms with Crippen molar-refractivity contribution in [2.45, 2.75) is 52.2 Å². The SMILES string of the molecule is CC(C)=CCc1cc(/C=C2\OC(=O)C(c3cc4c(cc3O)OC(C)(C)C(O)C4)=C2O)ccc1O. The Kier molecular flexibility index (Phi) is 5.91. The van der Waals surface area contributed by atoms with Gasteiger partial charge in [0.05, 0.1) is 6.10 Å². The van der Waals surface area contributed by atoms with E-state index in [-0.39, 0.29) is 34.8 Å². The van der Waals surface area contributed by atoms with E-state index < -0.39 is 23.4 Å². The number of hydrogen-bond acceptors (Lipinski definition) is 7. The summed E-state index contributed by atoms with van der Waals surface area (Å²) in [5, 5.41) is 41.9. The van der Waals surface area contributed by atoms with E-state index >= 15 is 0 Å². The highest BCUT2D eigenvalue weighted by atomic mass is 16.6. The van der Waals surface area contributed by atoms with Crippen molar-refractivity contribution in [3.05, 3.63) is 75.8 Å². The maximum absolute atomic E-state index is 12.7. The second kappa shape index (κ2) is 8.57. The number of esters is 1. The number of allylic oxidation sites excluding steroid dienone is 2. The van der Waals surface area contributed by atoms with Crippen LogP contribution in [0.15, 0.2) is 53.5 Å². The maximum Gasteiger partial charge on any atom is 0.348 e. The van der Waals surface area contributed by atoms with Crippen LogP contribution < -0.4 is 4.74 Å². The van der Waals surface area contributed by atoms with Crippen molar-refractivity contribution in [2.75, 3.05) is 0 Å². The van der Waals surface area contributed by atoms with Crippen molar-refractivity contribution in [1.29, 1.82) is 0 Å². The molecule has 4 rings (SSSR count). The zero-order valence-corrected chi connectivity index (χ0v) is 19.5.